The van der Waals surface area contributed by atoms with Crippen LogP contribution >= 0.6 is 11.3 Å². The summed E-state index contributed by atoms with van der Waals surface area (Å²) in [6, 6.07) is 8.46. The van der Waals surface area contributed by atoms with Crippen molar-refractivity contribution < 1.29 is 27.5 Å². The number of benzene rings is 1. The Morgan fingerprint density at radius 3 is 2.70 bits per heavy atom. The van der Waals surface area contributed by atoms with E-state index in [1.807, 2.05) is 12.1 Å². The Morgan fingerprint density at radius 1 is 1.24 bits per heavy atom. The molecule has 2 aromatic heterocycles. The van der Waals surface area contributed by atoms with Crippen LogP contribution in [0.1, 0.15) is 32.3 Å². The second-order valence-corrected chi connectivity index (χ2v) is 8.12. The van der Waals surface area contributed by atoms with Gasteiger partial charge in [-0.15, -0.1) is 10.2 Å². The molecule has 4 rings (SSSR count). The number of rotatable bonds is 7. The fourth-order valence-corrected chi connectivity index (χ4v) is 3.95. The van der Waals surface area contributed by atoms with E-state index in [2.05, 4.69) is 20.5 Å². The quantitative estimate of drug-likeness (QED) is 0.493. The molecule has 11 heteroatoms. The molecule has 2 N–H and O–H groups in total. The van der Waals surface area contributed by atoms with Gasteiger partial charge in [-0.1, -0.05) is 11.3 Å². The first kappa shape index (κ1) is 22.5. The second kappa shape index (κ2) is 9.41. The number of H-pyrrole nitrogens is 1. The molecule has 1 unspecified atom stereocenters. The number of aromatic nitrogens is 3. The third-order valence-corrected chi connectivity index (χ3v) is 5.80. The van der Waals surface area contributed by atoms with E-state index in [0.717, 1.165) is 5.56 Å². The number of nitrogens with zero attached hydrogens (tertiary/aromatic N) is 2. The van der Waals surface area contributed by atoms with Crippen molar-refractivity contribution in [2.75, 3.05) is 7.11 Å². The van der Waals surface area contributed by atoms with Crippen molar-refractivity contribution >= 4 is 23.0 Å². The van der Waals surface area contributed by atoms with Crippen LogP contribution in [0.25, 0.3) is 10.6 Å². The van der Waals surface area contributed by atoms with E-state index in [0.29, 0.717) is 21.8 Å². The Kier molecular flexibility index (Phi) is 6.40. The van der Waals surface area contributed by atoms with Gasteiger partial charge in [0.2, 0.25) is 0 Å². The molecule has 1 aromatic carbocycles. The molecule has 0 saturated heterocycles. The van der Waals surface area contributed by atoms with Crippen LogP contribution in [0.15, 0.2) is 59.8 Å². The zero-order chi connectivity index (χ0) is 23.5. The normalized spacial score (nSPS) is 15.9. The van der Waals surface area contributed by atoms with Crippen LogP contribution in [0.2, 0.25) is 0 Å². The summed E-state index contributed by atoms with van der Waals surface area (Å²) in [4.78, 5) is 27.5. The molecule has 1 atom stereocenters. The molecule has 170 valence electrons. The summed E-state index contributed by atoms with van der Waals surface area (Å²) in [5.74, 6) is -3.23. The Labute approximate surface area is 190 Å². The molecule has 0 fully saturated rings. The van der Waals surface area contributed by atoms with E-state index < -0.39 is 41.5 Å². The van der Waals surface area contributed by atoms with Crippen LogP contribution < -0.4 is 10.1 Å². The second-order valence-electron chi connectivity index (χ2n) is 7.06. The summed E-state index contributed by atoms with van der Waals surface area (Å²) in [5.41, 5.74) is -0.0792. The van der Waals surface area contributed by atoms with Crippen molar-refractivity contribution in [1.29, 1.82) is 0 Å². The minimum Gasteiger partial charge on any atom is -0.497 e. The monoisotopic (exact) mass is 474 g/mol. The molecular weight excluding hydrogens is 457 g/mol. The number of carbonyl (C=O) groups is 2. The summed E-state index contributed by atoms with van der Waals surface area (Å²) < 4.78 is 46.2. The highest BCUT2D eigenvalue weighted by molar-refractivity contribution is 7.14. The van der Waals surface area contributed by atoms with Crippen LogP contribution in [0, 0.1) is 0 Å². The van der Waals surface area contributed by atoms with E-state index in [9.17, 15) is 22.8 Å². The molecule has 0 bridgehead atoms. The number of allylic oxidation sites excluding steroid dienone is 4. The van der Waals surface area contributed by atoms with Crippen molar-refractivity contribution in [2.45, 2.75) is 19.1 Å². The summed E-state index contributed by atoms with van der Waals surface area (Å²) in [6.45, 7) is 0.0873. The zero-order valence-electron chi connectivity index (χ0n) is 17.2. The Balaban J connectivity index is 1.39. The van der Waals surface area contributed by atoms with E-state index in [1.165, 1.54) is 23.6 Å². The van der Waals surface area contributed by atoms with Gasteiger partial charge in [0.1, 0.15) is 39.3 Å². The maximum atomic E-state index is 14.0. The molecule has 2 heterocycles. The highest BCUT2D eigenvalue weighted by atomic mass is 32.1. The average molecular weight is 474 g/mol. The van der Waals surface area contributed by atoms with Gasteiger partial charge >= 0.3 is 0 Å². The number of halogens is 3. The van der Waals surface area contributed by atoms with Crippen molar-refractivity contribution in [3.05, 3.63) is 76.1 Å². The number of hydrogen-bond acceptors (Lipinski definition) is 6. The molecule has 7 nitrogen and oxygen atoms in total. The van der Waals surface area contributed by atoms with Crippen molar-refractivity contribution in [1.82, 2.24) is 20.5 Å². The third-order valence-electron chi connectivity index (χ3n) is 4.83. The maximum Gasteiger partial charge on any atom is 0.268 e. The molecular formula is C22H17F3N4O3S. The first-order chi connectivity index (χ1) is 15.9. The van der Waals surface area contributed by atoms with E-state index >= 15 is 0 Å². The Hall–Kier alpha value is -3.73. The van der Waals surface area contributed by atoms with Gasteiger partial charge in [-0.2, -0.15) is 0 Å². The summed E-state index contributed by atoms with van der Waals surface area (Å²) >= 11 is 1.30. The van der Waals surface area contributed by atoms with E-state index in [1.54, 1.807) is 19.2 Å². The van der Waals surface area contributed by atoms with Crippen LogP contribution in [0.3, 0.4) is 0 Å². The minimum absolute atomic E-state index is 0.0165. The minimum atomic E-state index is -1.82. The largest absolute Gasteiger partial charge is 0.497 e. The highest BCUT2D eigenvalue weighted by Gasteiger charge is 2.29. The van der Waals surface area contributed by atoms with Gasteiger partial charge in [-0.3, -0.25) is 9.59 Å². The van der Waals surface area contributed by atoms with Gasteiger partial charge in [-0.25, -0.2) is 13.2 Å². The molecule has 0 saturated carbocycles. The van der Waals surface area contributed by atoms with Gasteiger partial charge in [0.05, 0.1) is 19.2 Å². The first-order valence-electron chi connectivity index (χ1n) is 9.74. The van der Waals surface area contributed by atoms with Crippen molar-refractivity contribution in [2.24, 2.45) is 0 Å². The summed E-state index contributed by atoms with van der Waals surface area (Å²) in [5, 5.41) is 12.0. The van der Waals surface area contributed by atoms with Gasteiger partial charge in [0.15, 0.2) is 5.78 Å². The number of aromatic amines is 1. The topological polar surface area (TPSA) is 97.0 Å². The number of alkyl halides is 1. The van der Waals surface area contributed by atoms with Gasteiger partial charge in [0.25, 0.3) is 5.91 Å². The smallest absolute Gasteiger partial charge is 0.268 e. The summed E-state index contributed by atoms with van der Waals surface area (Å²) in [7, 11) is 1.57. The number of ketones is 1. The van der Waals surface area contributed by atoms with E-state index in [4.69, 9.17) is 4.74 Å². The van der Waals surface area contributed by atoms with Gasteiger partial charge in [0, 0.05) is 23.7 Å². The molecule has 1 aliphatic carbocycles. The van der Waals surface area contributed by atoms with Crippen LogP contribution in [0.5, 0.6) is 5.75 Å². The molecule has 3 aromatic rings. The lowest BCUT2D eigenvalue weighted by Crippen LogP contribution is -2.23. The highest BCUT2D eigenvalue weighted by Crippen LogP contribution is 2.31. The number of hydrogen-bond donors (Lipinski definition) is 2. The fourth-order valence-electron chi connectivity index (χ4n) is 3.16. The van der Waals surface area contributed by atoms with Gasteiger partial charge in [-0.05, 0) is 36.4 Å². The van der Waals surface area contributed by atoms with Crippen LogP contribution in [0.4, 0.5) is 13.2 Å². The molecule has 0 radical (unpaired) electrons. The number of amides is 1. The number of methoxy groups -OCH3 is 1. The Morgan fingerprint density at radius 2 is 2.00 bits per heavy atom. The average Bonchev–Trinajstić information content (AvgIpc) is 3.47. The molecule has 1 amide bonds. The van der Waals surface area contributed by atoms with Gasteiger partial charge < -0.3 is 15.0 Å². The standard InChI is InChI=1S/C22H17F3N4O3S/c1-32-14-4-2-11(3-5-14)22-29-28-18(33-22)10-27-21(31)17-6-12(9-26-17)20(30)19-15(24)7-13(23)8-16(19)25/h2-7,9,13,26H,8,10H2,1H3,(H,27,31). The van der Waals surface area contributed by atoms with Crippen molar-refractivity contribution in [3.8, 4) is 16.3 Å². The third kappa shape index (κ3) is 4.87. The SMILES string of the molecule is COc1ccc(-c2nnc(CNC(=O)c3cc(C(=O)C4=C(F)CC(F)C=C4F)c[nH]3)s2)cc1. The lowest BCUT2D eigenvalue weighted by Gasteiger charge is -2.13. The molecule has 0 spiro atoms. The summed E-state index contributed by atoms with van der Waals surface area (Å²) in [6.07, 6.45) is -0.801. The lowest BCUT2D eigenvalue weighted by atomic mass is 9.97. The van der Waals surface area contributed by atoms with Crippen LogP contribution in [-0.4, -0.2) is 40.2 Å². The first-order valence-corrected chi connectivity index (χ1v) is 10.6. The fraction of sp³-hybridized carbons (Fsp3) is 0.182. The molecule has 0 aliphatic heterocycles. The Bertz CT molecular complexity index is 1260. The predicted octanol–water partition coefficient (Wildman–Crippen LogP) is 4.47. The number of ether oxygens (including phenoxy) is 1. The van der Waals surface area contributed by atoms with Crippen molar-refractivity contribution in [3.63, 3.8) is 0 Å². The van der Waals surface area contributed by atoms with E-state index in [-0.39, 0.29) is 17.8 Å². The molecule has 1 aliphatic rings. The van der Waals surface area contributed by atoms with Crippen LogP contribution in [-0.2, 0) is 6.54 Å². The number of nitrogens with one attached hydrogen (secondary N) is 2. The maximum absolute atomic E-state index is 14.0. The number of carbonyl (C=O) groups excluding carboxylic acids is 2. The number of Topliss-reactive ketones (excluding diaryl/α,β-unsaturated/α-hetero) is 1. The predicted molar refractivity (Wildman–Crippen MR) is 115 cm³/mol. The molecule has 33 heavy (non-hydrogen) atoms. The zero-order valence-corrected chi connectivity index (χ0v) is 18.0. The lowest BCUT2D eigenvalue weighted by molar-refractivity contribution is 0.0946.